The van der Waals surface area contributed by atoms with Crippen LogP contribution in [0.25, 0.3) is 0 Å². The number of carbonyl (C=O) groups excluding carboxylic acids is 4. The van der Waals surface area contributed by atoms with Gasteiger partial charge in [0.1, 0.15) is 5.15 Å². The molecule has 0 bridgehead atoms. The number of halogens is 1. The molecule has 13 heteroatoms. The third kappa shape index (κ3) is 6.48. The van der Waals surface area contributed by atoms with E-state index in [1.54, 1.807) is 27.1 Å². The van der Waals surface area contributed by atoms with E-state index in [-0.39, 0.29) is 22.9 Å². The number of fused-ring (bicyclic) bond motifs is 1. The minimum absolute atomic E-state index is 0.0368. The molecule has 38 heavy (non-hydrogen) atoms. The third-order valence-corrected chi connectivity index (χ3v) is 8.21. The molecule has 3 atom stereocenters. The molecule has 0 saturated heterocycles. The van der Waals surface area contributed by atoms with Crippen molar-refractivity contribution >= 4 is 52.3 Å². The monoisotopic (exact) mass is 561 g/mol. The Balaban J connectivity index is 1.46. The SMILES string of the molecule is Cc1cc(Cl)ncc1NC(=O)C(=O)NC1CCC(C(=O)N(C)C)CC1NC(=O)c1nc2c(s1)CN(C)CC2. The topological polar surface area (TPSA) is 137 Å². The van der Waals surface area contributed by atoms with Crippen LogP contribution in [0.4, 0.5) is 5.69 Å². The molecule has 3 heterocycles. The lowest BCUT2D eigenvalue weighted by molar-refractivity contribution is -0.137. The highest BCUT2D eigenvalue weighted by Crippen LogP contribution is 2.28. The van der Waals surface area contributed by atoms with Crippen LogP contribution in [0.1, 0.15) is 45.2 Å². The molecular formula is C25H32ClN7O4S. The summed E-state index contributed by atoms with van der Waals surface area (Å²) in [4.78, 5) is 64.6. The molecule has 1 fully saturated rings. The Labute approximate surface area is 230 Å². The summed E-state index contributed by atoms with van der Waals surface area (Å²) in [7, 11) is 5.41. The molecule has 2 aliphatic rings. The summed E-state index contributed by atoms with van der Waals surface area (Å²) < 4.78 is 0. The number of nitrogens with zero attached hydrogens (tertiary/aromatic N) is 4. The van der Waals surface area contributed by atoms with Crippen LogP contribution in [0, 0.1) is 12.8 Å². The fourth-order valence-electron chi connectivity index (χ4n) is 4.81. The van der Waals surface area contributed by atoms with Crippen LogP contribution < -0.4 is 16.0 Å². The molecule has 0 aromatic carbocycles. The van der Waals surface area contributed by atoms with Crippen LogP contribution in [-0.2, 0) is 27.3 Å². The van der Waals surface area contributed by atoms with Gasteiger partial charge in [0.25, 0.3) is 5.91 Å². The Kier molecular flexibility index (Phi) is 8.64. The van der Waals surface area contributed by atoms with Crippen molar-refractivity contribution in [3.05, 3.63) is 38.6 Å². The van der Waals surface area contributed by atoms with Gasteiger partial charge in [-0.2, -0.15) is 0 Å². The second kappa shape index (κ2) is 11.7. The number of rotatable bonds is 5. The first kappa shape index (κ1) is 27.9. The fourth-order valence-corrected chi connectivity index (χ4v) is 6.11. The van der Waals surface area contributed by atoms with Gasteiger partial charge in [-0.3, -0.25) is 19.2 Å². The number of anilines is 1. The molecule has 1 aliphatic heterocycles. The largest absolute Gasteiger partial charge is 0.349 e. The number of carbonyl (C=O) groups is 4. The summed E-state index contributed by atoms with van der Waals surface area (Å²) in [5.41, 5.74) is 1.98. The van der Waals surface area contributed by atoms with Gasteiger partial charge in [0.05, 0.1) is 23.6 Å². The number of aromatic nitrogens is 2. The van der Waals surface area contributed by atoms with Gasteiger partial charge < -0.3 is 25.8 Å². The average molecular weight is 562 g/mol. The number of hydrogen-bond acceptors (Lipinski definition) is 8. The number of amides is 4. The van der Waals surface area contributed by atoms with E-state index in [1.807, 2.05) is 7.05 Å². The first-order chi connectivity index (χ1) is 18.0. The number of hydrogen-bond donors (Lipinski definition) is 3. The van der Waals surface area contributed by atoms with Crippen LogP contribution in [-0.4, -0.2) is 83.2 Å². The van der Waals surface area contributed by atoms with Gasteiger partial charge in [-0.25, -0.2) is 9.97 Å². The second-order valence-electron chi connectivity index (χ2n) is 10.1. The van der Waals surface area contributed by atoms with Crippen LogP contribution in [0.3, 0.4) is 0 Å². The molecule has 1 aliphatic carbocycles. The molecule has 204 valence electrons. The van der Waals surface area contributed by atoms with E-state index in [0.29, 0.717) is 35.5 Å². The Morgan fingerprint density at radius 1 is 1.13 bits per heavy atom. The van der Waals surface area contributed by atoms with Gasteiger partial charge in [-0.1, -0.05) is 11.6 Å². The van der Waals surface area contributed by atoms with E-state index in [1.165, 1.54) is 22.4 Å². The Bertz CT molecular complexity index is 1250. The highest BCUT2D eigenvalue weighted by molar-refractivity contribution is 7.13. The molecular weight excluding hydrogens is 530 g/mol. The van der Waals surface area contributed by atoms with Crippen molar-refractivity contribution in [3.63, 3.8) is 0 Å². The maximum absolute atomic E-state index is 13.2. The molecule has 4 amide bonds. The predicted molar refractivity (Wildman–Crippen MR) is 144 cm³/mol. The number of thiazole rings is 1. The van der Waals surface area contributed by atoms with E-state index >= 15 is 0 Å². The zero-order valence-corrected chi connectivity index (χ0v) is 23.4. The van der Waals surface area contributed by atoms with Crippen molar-refractivity contribution in [1.82, 2.24) is 30.4 Å². The summed E-state index contributed by atoms with van der Waals surface area (Å²) in [5.74, 6) is -2.38. The summed E-state index contributed by atoms with van der Waals surface area (Å²) >= 11 is 7.23. The van der Waals surface area contributed by atoms with Crippen molar-refractivity contribution < 1.29 is 19.2 Å². The normalized spacial score (nSPS) is 21.2. The molecule has 3 unspecified atom stereocenters. The van der Waals surface area contributed by atoms with Gasteiger partial charge in [-0.05, 0) is 44.9 Å². The Morgan fingerprint density at radius 2 is 1.89 bits per heavy atom. The number of nitrogens with one attached hydrogen (secondary N) is 3. The van der Waals surface area contributed by atoms with Gasteiger partial charge >= 0.3 is 11.8 Å². The second-order valence-corrected chi connectivity index (χ2v) is 11.5. The predicted octanol–water partition coefficient (Wildman–Crippen LogP) is 1.60. The summed E-state index contributed by atoms with van der Waals surface area (Å²) in [6, 6.07) is 0.496. The third-order valence-electron chi connectivity index (χ3n) is 6.92. The van der Waals surface area contributed by atoms with Crippen molar-refractivity contribution in [2.45, 2.75) is 51.2 Å². The zero-order chi connectivity index (χ0) is 27.6. The van der Waals surface area contributed by atoms with E-state index in [9.17, 15) is 19.2 Å². The molecule has 0 spiro atoms. The highest BCUT2D eigenvalue weighted by atomic mass is 35.5. The first-order valence-corrected chi connectivity index (χ1v) is 13.6. The van der Waals surface area contributed by atoms with E-state index in [0.717, 1.165) is 30.1 Å². The van der Waals surface area contributed by atoms with Gasteiger partial charge in [0.2, 0.25) is 5.91 Å². The average Bonchev–Trinajstić information content (AvgIpc) is 3.29. The van der Waals surface area contributed by atoms with E-state index in [4.69, 9.17) is 11.6 Å². The van der Waals surface area contributed by atoms with Gasteiger partial charge in [-0.15, -0.1) is 11.3 Å². The maximum atomic E-state index is 13.2. The van der Waals surface area contributed by atoms with Gasteiger partial charge in [0.15, 0.2) is 5.01 Å². The minimum atomic E-state index is -0.856. The lowest BCUT2D eigenvalue weighted by Gasteiger charge is -2.37. The van der Waals surface area contributed by atoms with E-state index in [2.05, 4.69) is 30.8 Å². The molecule has 4 rings (SSSR count). The van der Waals surface area contributed by atoms with Crippen molar-refractivity contribution in [2.75, 3.05) is 33.0 Å². The molecule has 1 saturated carbocycles. The molecule has 11 nitrogen and oxygen atoms in total. The zero-order valence-electron chi connectivity index (χ0n) is 21.8. The summed E-state index contributed by atoms with van der Waals surface area (Å²) in [5, 5.41) is 8.94. The molecule has 2 aromatic heterocycles. The van der Waals surface area contributed by atoms with Crippen LogP contribution >= 0.6 is 22.9 Å². The van der Waals surface area contributed by atoms with E-state index < -0.39 is 23.9 Å². The van der Waals surface area contributed by atoms with Crippen molar-refractivity contribution in [3.8, 4) is 0 Å². The lowest BCUT2D eigenvalue weighted by atomic mass is 9.81. The Morgan fingerprint density at radius 3 is 2.61 bits per heavy atom. The van der Waals surface area contributed by atoms with Crippen molar-refractivity contribution in [1.29, 1.82) is 0 Å². The minimum Gasteiger partial charge on any atom is -0.349 e. The van der Waals surface area contributed by atoms with Crippen LogP contribution in [0.2, 0.25) is 5.15 Å². The fraction of sp³-hybridized carbons (Fsp3) is 0.520. The maximum Gasteiger partial charge on any atom is 0.313 e. The van der Waals surface area contributed by atoms with Crippen LogP contribution in [0.5, 0.6) is 0 Å². The van der Waals surface area contributed by atoms with Gasteiger partial charge in [0, 0.05) is 50.4 Å². The Hall–Kier alpha value is -3.09. The standard InChI is InChI=1S/C25H32ClN7O4S/c1-13-9-20(26)27-11-18(13)30-22(35)21(34)28-15-6-5-14(25(37)32(2)3)10-17(15)29-23(36)24-31-16-7-8-33(4)12-19(16)38-24/h9,11,14-15,17H,5-8,10,12H2,1-4H3,(H,28,34)(H,29,36)(H,30,35). The quantitative estimate of drug-likeness (QED) is 0.372. The highest BCUT2D eigenvalue weighted by Gasteiger charge is 2.37. The lowest BCUT2D eigenvalue weighted by Crippen LogP contribution is -2.57. The smallest absolute Gasteiger partial charge is 0.313 e. The summed E-state index contributed by atoms with van der Waals surface area (Å²) in [6.07, 6.45) is 3.45. The molecule has 0 radical (unpaired) electrons. The van der Waals surface area contributed by atoms with Crippen molar-refractivity contribution in [2.24, 2.45) is 5.92 Å². The molecule has 3 N–H and O–H groups in total. The number of likely N-dealkylation sites (N-methyl/N-ethyl adjacent to an activating group) is 1. The van der Waals surface area contributed by atoms with Crippen LogP contribution in [0.15, 0.2) is 12.3 Å². The number of pyridine rings is 1. The number of aryl methyl sites for hydroxylation is 1. The summed E-state index contributed by atoms with van der Waals surface area (Å²) in [6.45, 7) is 3.38. The first-order valence-electron chi connectivity index (χ1n) is 12.4. The molecule has 2 aromatic rings.